The number of hydrogen-bond acceptors (Lipinski definition) is 6. The average Bonchev–Trinajstić information content (AvgIpc) is 3.32. The number of benzene rings is 2. The van der Waals surface area contributed by atoms with E-state index in [1.807, 2.05) is 43.3 Å². The number of halogens is 1. The lowest BCUT2D eigenvalue weighted by molar-refractivity contribution is 0.0338. The molecular formula is C31H39FN4O5. The lowest BCUT2D eigenvalue weighted by Crippen LogP contribution is -2.46. The van der Waals surface area contributed by atoms with Gasteiger partial charge in [0.2, 0.25) is 5.96 Å². The summed E-state index contributed by atoms with van der Waals surface area (Å²) in [6.07, 6.45) is -1.59. The van der Waals surface area contributed by atoms with E-state index in [1.54, 1.807) is 67.8 Å². The molecule has 2 aromatic carbocycles. The van der Waals surface area contributed by atoms with Gasteiger partial charge in [0.05, 0.1) is 6.54 Å². The van der Waals surface area contributed by atoms with Crippen LogP contribution < -0.4 is 0 Å². The molecule has 0 radical (unpaired) electrons. The quantitative estimate of drug-likeness (QED) is 0.237. The Morgan fingerprint density at radius 1 is 0.976 bits per heavy atom. The molecule has 0 spiro atoms. The number of ether oxygens (including phenoxy) is 2. The van der Waals surface area contributed by atoms with Gasteiger partial charge in [0, 0.05) is 31.6 Å². The van der Waals surface area contributed by atoms with Crippen molar-refractivity contribution in [3.63, 3.8) is 0 Å². The number of aromatic nitrogens is 1. The first kappa shape index (κ1) is 31.3. The van der Waals surface area contributed by atoms with E-state index in [4.69, 9.17) is 14.0 Å². The Morgan fingerprint density at radius 3 is 2.17 bits per heavy atom. The highest BCUT2D eigenvalue weighted by atomic mass is 19.1. The predicted octanol–water partition coefficient (Wildman–Crippen LogP) is 7.22. The standard InChI is InChI=1S/C31H39FN4O5/c1-20(22-15-16-24(25(32)17-22)21-13-11-10-12-14-21)26-18-23(34-41-26)19-36(29(38)40-31(5,6)7)27(35(8)9)33-28(37)39-30(2,3)4/h10-18,20H,19H2,1-9H3. The van der Waals surface area contributed by atoms with Crippen LogP contribution in [0.15, 0.2) is 64.1 Å². The van der Waals surface area contributed by atoms with Crippen LogP contribution in [-0.4, -0.2) is 58.4 Å². The maximum Gasteiger partial charge on any atom is 0.437 e. The number of rotatable bonds is 5. The largest absolute Gasteiger partial charge is 0.443 e. The zero-order valence-corrected chi connectivity index (χ0v) is 25.2. The molecule has 0 N–H and O–H groups in total. The Hall–Kier alpha value is -4.21. The molecule has 10 heteroatoms. The van der Waals surface area contributed by atoms with Crippen molar-refractivity contribution in [2.45, 2.75) is 72.1 Å². The topological polar surface area (TPSA) is 97.5 Å². The fraction of sp³-hybridized carbons (Fsp3) is 0.419. The van der Waals surface area contributed by atoms with Crippen molar-refractivity contribution in [2.75, 3.05) is 14.1 Å². The van der Waals surface area contributed by atoms with Gasteiger partial charge in [0.15, 0.2) is 0 Å². The molecule has 3 aromatic rings. The summed E-state index contributed by atoms with van der Waals surface area (Å²) >= 11 is 0. The van der Waals surface area contributed by atoms with Gasteiger partial charge in [0.1, 0.15) is 28.5 Å². The summed E-state index contributed by atoms with van der Waals surface area (Å²) in [4.78, 5) is 32.6. The van der Waals surface area contributed by atoms with Crippen LogP contribution >= 0.6 is 0 Å². The van der Waals surface area contributed by atoms with Crippen molar-refractivity contribution < 1.29 is 28.0 Å². The second-order valence-corrected chi connectivity index (χ2v) is 11.9. The van der Waals surface area contributed by atoms with Gasteiger partial charge in [-0.15, -0.1) is 4.99 Å². The van der Waals surface area contributed by atoms with Crippen LogP contribution in [0.3, 0.4) is 0 Å². The van der Waals surface area contributed by atoms with Crippen LogP contribution in [0.5, 0.6) is 0 Å². The molecule has 1 heterocycles. The lowest BCUT2D eigenvalue weighted by atomic mass is 9.95. The van der Waals surface area contributed by atoms with Crippen molar-refractivity contribution in [3.05, 3.63) is 77.4 Å². The highest BCUT2D eigenvalue weighted by Crippen LogP contribution is 2.30. The normalized spacial score (nSPS) is 13.0. The monoisotopic (exact) mass is 566 g/mol. The van der Waals surface area contributed by atoms with Gasteiger partial charge in [0.25, 0.3) is 0 Å². The molecule has 9 nitrogen and oxygen atoms in total. The second-order valence-electron chi connectivity index (χ2n) is 11.9. The van der Waals surface area contributed by atoms with Gasteiger partial charge in [-0.3, -0.25) is 0 Å². The highest BCUT2D eigenvalue weighted by molar-refractivity contribution is 5.98. The van der Waals surface area contributed by atoms with Crippen LogP contribution in [0.1, 0.15) is 71.4 Å². The highest BCUT2D eigenvalue weighted by Gasteiger charge is 2.30. The van der Waals surface area contributed by atoms with Crippen molar-refractivity contribution in [1.82, 2.24) is 15.0 Å². The summed E-state index contributed by atoms with van der Waals surface area (Å²) in [6, 6.07) is 16.1. The van der Waals surface area contributed by atoms with Crippen LogP contribution in [0.4, 0.5) is 14.0 Å². The van der Waals surface area contributed by atoms with Crippen molar-refractivity contribution in [1.29, 1.82) is 0 Å². The summed E-state index contributed by atoms with van der Waals surface area (Å²) in [7, 11) is 3.29. The summed E-state index contributed by atoms with van der Waals surface area (Å²) in [6.45, 7) is 12.2. The lowest BCUT2D eigenvalue weighted by Gasteiger charge is -2.30. The Labute approximate surface area is 240 Å². The number of nitrogens with zero attached hydrogens (tertiary/aromatic N) is 4. The fourth-order valence-electron chi connectivity index (χ4n) is 3.89. The third kappa shape index (κ3) is 8.89. The third-order valence-electron chi connectivity index (χ3n) is 5.74. The van der Waals surface area contributed by atoms with Gasteiger partial charge in [-0.05, 0) is 58.7 Å². The minimum absolute atomic E-state index is 0.00432. The first-order valence-corrected chi connectivity index (χ1v) is 13.3. The minimum Gasteiger partial charge on any atom is -0.443 e. The first-order chi connectivity index (χ1) is 19.0. The molecule has 0 aliphatic heterocycles. The van der Waals surface area contributed by atoms with Gasteiger partial charge < -0.3 is 18.9 Å². The molecule has 0 aliphatic rings. The van der Waals surface area contributed by atoms with Crippen molar-refractivity contribution >= 4 is 18.1 Å². The Morgan fingerprint density at radius 2 is 1.61 bits per heavy atom. The van der Waals surface area contributed by atoms with E-state index in [0.29, 0.717) is 22.6 Å². The fourth-order valence-corrected chi connectivity index (χ4v) is 3.89. The number of guanidine groups is 1. The van der Waals surface area contributed by atoms with Gasteiger partial charge in [-0.1, -0.05) is 54.5 Å². The van der Waals surface area contributed by atoms with Gasteiger partial charge in [-0.2, -0.15) is 0 Å². The molecule has 0 bridgehead atoms. The zero-order chi connectivity index (χ0) is 30.5. The minimum atomic E-state index is -0.856. The molecule has 0 saturated carbocycles. The van der Waals surface area contributed by atoms with Crippen LogP contribution in [-0.2, 0) is 16.0 Å². The smallest absolute Gasteiger partial charge is 0.437 e. The molecule has 2 amide bonds. The first-order valence-electron chi connectivity index (χ1n) is 13.3. The van der Waals surface area contributed by atoms with Crippen molar-refractivity contribution in [3.8, 4) is 11.1 Å². The zero-order valence-electron chi connectivity index (χ0n) is 25.2. The summed E-state index contributed by atoms with van der Waals surface area (Å²) in [5, 5.41) is 4.14. The van der Waals surface area contributed by atoms with E-state index in [1.165, 1.54) is 15.9 Å². The number of aliphatic imine (C=N–C) groups is 1. The van der Waals surface area contributed by atoms with E-state index < -0.39 is 23.4 Å². The summed E-state index contributed by atoms with van der Waals surface area (Å²) in [5.74, 6) is -0.184. The summed E-state index contributed by atoms with van der Waals surface area (Å²) < 4.78 is 31.6. The van der Waals surface area contributed by atoms with E-state index in [2.05, 4.69) is 10.1 Å². The Kier molecular flexibility index (Phi) is 9.57. The predicted molar refractivity (Wildman–Crippen MR) is 155 cm³/mol. The molecule has 0 aliphatic carbocycles. The maximum absolute atomic E-state index is 15.0. The van der Waals surface area contributed by atoms with Gasteiger partial charge >= 0.3 is 12.2 Å². The molecule has 1 aromatic heterocycles. The van der Waals surface area contributed by atoms with E-state index in [9.17, 15) is 9.59 Å². The molecule has 3 rings (SSSR count). The Bertz CT molecular complexity index is 1390. The Balaban J connectivity index is 1.89. The molecule has 0 saturated heterocycles. The van der Waals surface area contributed by atoms with E-state index in [-0.39, 0.29) is 24.2 Å². The van der Waals surface area contributed by atoms with Crippen molar-refractivity contribution in [2.24, 2.45) is 4.99 Å². The van der Waals surface area contributed by atoms with Crippen LogP contribution in [0, 0.1) is 5.82 Å². The molecular weight excluding hydrogens is 527 g/mol. The summed E-state index contributed by atoms with van der Waals surface area (Å²) in [5.41, 5.74) is 0.807. The molecule has 41 heavy (non-hydrogen) atoms. The number of hydrogen-bond donors (Lipinski definition) is 0. The van der Waals surface area contributed by atoms with E-state index in [0.717, 1.165) is 5.56 Å². The molecule has 1 atom stereocenters. The van der Waals surface area contributed by atoms with Crippen LogP contribution in [0.25, 0.3) is 11.1 Å². The van der Waals surface area contributed by atoms with Crippen LogP contribution in [0.2, 0.25) is 0 Å². The molecule has 0 fully saturated rings. The SMILES string of the molecule is CC(c1ccc(-c2ccccc2)c(F)c1)c1cc(CN(C(=O)OC(C)(C)C)C(=NC(=O)OC(C)(C)C)N(C)C)no1. The molecule has 1 unspecified atom stereocenters. The maximum atomic E-state index is 15.0. The van der Waals surface area contributed by atoms with E-state index >= 15 is 4.39 Å². The number of carbonyl (C=O) groups is 2. The molecule has 220 valence electrons. The number of carbonyl (C=O) groups excluding carboxylic acids is 2. The third-order valence-corrected chi connectivity index (χ3v) is 5.74. The average molecular weight is 567 g/mol. The second kappa shape index (κ2) is 12.5. The number of amides is 2. The van der Waals surface area contributed by atoms with Gasteiger partial charge in [-0.25, -0.2) is 18.9 Å².